The van der Waals surface area contributed by atoms with Crippen LogP contribution < -0.4 is 10.6 Å². The molecule has 0 radical (unpaired) electrons. The predicted octanol–water partition coefficient (Wildman–Crippen LogP) is 1.76. The van der Waals surface area contributed by atoms with Crippen LogP contribution in [-0.4, -0.2) is 81.7 Å². The first kappa shape index (κ1) is 21.2. The van der Waals surface area contributed by atoms with Gasteiger partial charge in [-0.3, -0.25) is 9.89 Å². The van der Waals surface area contributed by atoms with E-state index in [9.17, 15) is 13.2 Å². The molecule has 0 bridgehead atoms. The van der Waals surface area contributed by atoms with E-state index in [4.69, 9.17) is 9.47 Å². The maximum Gasteiger partial charge on any atom is 0.401 e. The number of ether oxygens (including phenoxy) is 2. The molecule has 0 aromatic rings. The van der Waals surface area contributed by atoms with Gasteiger partial charge in [-0.25, -0.2) is 0 Å². The molecule has 2 aliphatic heterocycles. The number of halogens is 3. The molecule has 2 rings (SSSR count). The van der Waals surface area contributed by atoms with E-state index in [1.54, 1.807) is 0 Å². The van der Waals surface area contributed by atoms with Gasteiger partial charge in [-0.05, 0) is 32.6 Å². The Balaban J connectivity index is 1.63. The standard InChI is InChI=1S/C17H31F3N4O2/c1-2-21-16(22-7-4-9-25-12-15-5-3-10-26-15)23-14-6-8-24(11-14)13-17(18,19)20/h14-15H,2-13H2,1H3,(H2,21,22,23). The molecule has 26 heavy (non-hydrogen) atoms. The van der Waals surface area contributed by atoms with Crippen LogP contribution in [0.4, 0.5) is 13.2 Å². The van der Waals surface area contributed by atoms with Crippen LogP contribution in [0.2, 0.25) is 0 Å². The molecule has 0 saturated carbocycles. The summed E-state index contributed by atoms with van der Waals surface area (Å²) in [6.45, 7) is 5.37. The van der Waals surface area contributed by atoms with Crippen LogP contribution in [0.3, 0.4) is 0 Å². The van der Waals surface area contributed by atoms with Gasteiger partial charge in [-0.2, -0.15) is 13.2 Å². The highest BCUT2D eigenvalue weighted by Crippen LogP contribution is 2.19. The van der Waals surface area contributed by atoms with Crippen molar-refractivity contribution in [2.45, 2.75) is 50.9 Å². The fourth-order valence-electron chi connectivity index (χ4n) is 3.21. The van der Waals surface area contributed by atoms with E-state index >= 15 is 0 Å². The summed E-state index contributed by atoms with van der Waals surface area (Å²) in [6, 6.07) is -0.00841. The summed E-state index contributed by atoms with van der Waals surface area (Å²) in [6.07, 6.45) is -0.243. The molecule has 0 aromatic heterocycles. The van der Waals surface area contributed by atoms with Gasteiger partial charge in [-0.1, -0.05) is 0 Å². The number of nitrogens with one attached hydrogen (secondary N) is 2. The van der Waals surface area contributed by atoms with Gasteiger partial charge in [0.1, 0.15) is 0 Å². The minimum Gasteiger partial charge on any atom is -0.379 e. The van der Waals surface area contributed by atoms with Crippen molar-refractivity contribution < 1.29 is 22.6 Å². The molecule has 2 aliphatic rings. The number of likely N-dealkylation sites (tertiary alicyclic amines) is 1. The Labute approximate surface area is 153 Å². The van der Waals surface area contributed by atoms with Crippen LogP contribution in [-0.2, 0) is 9.47 Å². The fraction of sp³-hybridized carbons (Fsp3) is 0.941. The molecule has 6 nitrogen and oxygen atoms in total. The molecule has 0 aliphatic carbocycles. The van der Waals surface area contributed by atoms with E-state index in [2.05, 4.69) is 15.6 Å². The summed E-state index contributed by atoms with van der Waals surface area (Å²) in [7, 11) is 0. The first-order valence-electron chi connectivity index (χ1n) is 9.49. The van der Waals surface area contributed by atoms with E-state index < -0.39 is 12.7 Å². The Morgan fingerprint density at radius 3 is 2.88 bits per heavy atom. The third-order valence-corrected chi connectivity index (χ3v) is 4.40. The number of aliphatic imine (C=N–C) groups is 1. The molecule has 2 saturated heterocycles. The number of nitrogens with zero attached hydrogens (tertiary/aromatic N) is 2. The van der Waals surface area contributed by atoms with Gasteiger partial charge >= 0.3 is 6.18 Å². The van der Waals surface area contributed by atoms with Crippen molar-refractivity contribution in [3.63, 3.8) is 0 Å². The van der Waals surface area contributed by atoms with Crippen molar-refractivity contribution in [2.75, 3.05) is 52.5 Å². The average Bonchev–Trinajstić information content (AvgIpc) is 3.21. The predicted molar refractivity (Wildman–Crippen MR) is 94.4 cm³/mol. The highest BCUT2D eigenvalue weighted by Gasteiger charge is 2.34. The minimum absolute atomic E-state index is 0.00841. The van der Waals surface area contributed by atoms with Gasteiger partial charge in [0.05, 0.1) is 19.3 Å². The largest absolute Gasteiger partial charge is 0.401 e. The van der Waals surface area contributed by atoms with E-state index in [1.165, 1.54) is 4.90 Å². The second-order valence-electron chi connectivity index (χ2n) is 6.80. The van der Waals surface area contributed by atoms with Crippen LogP contribution >= 0.6 is 0 Å². The number of hydrogen-bond donors (Lipinski definition) is 2. The zero-order chi connectivity index (χ0) is 18.8. The Hall–Kier alpha value is -1.06. The summed E-state index contributed by atoms with van der Waals surface area (Å²) < 4.78 is 48.5. The molecule has 2 heterocycles. The van der Waals surface area contributed by atoms with Crippen LogP contribution in [0.5, 0.6) is 0 Å². The summed E-state index contributed by atoms with van der Waals surface area (Å²) in [5.74, 6) is 0.658. The summed E-state index contributed by atoms with van der Waals surface area (Å²) in [4.78, 5) is 5.92. The third-order valence-electron chi connectivity index (χ3n) is 4.40. The lowest BCUT2D eigenvalue weighted by molar-refractivity contribution is -0.143. The quantitative estimate of drug-likeness (QED) is 0.363. The zero-order valence-electron chi connectivity index (χ0n) is 15.5. The second kappa shape index (κ2) is 10.9. The third kappa shape index (κ3) is 8.55. The molecule has 2 fully saturated rings. The fourth-order valence-corrected chi connectivity index (χ4v) is 3.21. The maximum atomic E-state index is 12.5. The molecule has 2 unspecified atom stereocenters. The number of alkyl halides is 3. The van der Waals surface area contributed by atoms with Crippen molar-refractivity contribution in [3.05, 3.63) is 0 Å². The van der Waals surface area contributed by atoms with Gasteiger partial charge < -0.3 is 20.1 Å². The first-order chi connectivity index (χ1) is 12.5. The van der Waals surface area contributed by atoms with Crippen LogP contribution in [0, 0.1) is 0 Å². The smallest absolute Gasteiger partial charge is 0.379 e. The molecule has 9 heteroatoms. The Morgan fingerprint density at radius 2 is 2.19 bits per heavy atom. The maximum absolute atomic E-state index is 12.5. The van der Waals surface area contributed by atoms with Gasteiger partial charge in [0.25, 0.3) is 0 Å². The average molecular weight is 380 g/mol. The molecule has 2 N–H and O–H groups in total. The Bertz CT molecular complexity index is 429. The SMILES string of the molecule is CCNC(=NCCCOCC1CCCO1)NC1CCN(CC(F)(F)F)C1. The van der Waals surface area contributed by atoms with E-state index in [0.717, 1.165) is 25.9 Å². The zero-order valence-corrected chi connectivity index (χ0v) is 15.5. The molecule has 152 valence electrons. The molecule has 0 aromatic carbocycles. The Kier molecular flexibility index (Phi) is 8.94. The number of rotatable bonds is 9. The lowest BCUT2D eigenvalue weighted by Gasteiger charge is -2.19. The first-order valence-corrected chi connectivity index (χ1v) is 9.49. The lowest BCUT2D eigenvalue weighted by atomic mass is 10.2. The van der Waals surface area contributed by atoms with Crippen molar-refractivity contribution in [1.82, 2.24) is 15.5 Å². The lowest BCUT2D eigenvalue weighted by Crippen LogP contribution is -2.45. The normalized spacial score (nSPS) is 25.0. The second-order valence-corrected chi connectivity index (χ2v) is 6.80. The molecular weight excluding hydrogens is 349 g/mol. The van der Waals surface area contributed by atoms with Gasteiger partial charge in [0.15, 0.2) is 5.96 Å². The molecule has 0 spiro atoms. The van der Waals surface area contributed by atoms with E-state index in [1.807, 2.05) is 6.92 Å². The van der Waals surface area contributed by atoms with Crippen molar-refractivity contribution >= 4 is 5.96 Å². The van der Waals surface area contributed by atoms with E-state index in [-0.39, 0.29) is 12.1 Å². The minimum atomic E-state index is -4.14. The van der Waals surface area contributed by atoms with E-state index in [0.29, 0.717) is 51.8 Å². The number of guanidine groups is 1. The molecule has 0 amide bonds. The van der Waals surface area contributed by atoms with Crippen molar-refractivity contribution in [2.24, 2.45) is 4.99 Å². The number of hydrogen-bond acceptors (Lipinski definition) is 4. The Morgan fingerprint density at radius 1 is 1.35 bits per heavy atom. The van der Waals surface area contributed by atoms with Crippen molar-refractivity contribution in [3.8, 4) is 0 Å². The van der Waals surface area contributed by atoms with Gasteiger partial charge in [-0.15, -0.1) is 0 Å². The summed E-state index contributed by atoms with van der Waals surface area (Å²) in [5.41, 5.74) is 0. The molecular formula is C17H31F3N4O2. The highest BCUT2D eigenvalue weighted by molar-refractivity contribution is 5.80. The van der Waals surface area contributed by atoms with Gasteiger partial charge in [0, 0.05) is 45.4 Å². The summed E-state index contributed by atoms with van der Waals surface area (Å²) >= 11 is 0. The van der Waals surface area contributed by atoms with Crippen LogP contribution in [0.15, 0.2) is 4.99 Å². The summed E-state index contributed by atoms with van der Waals surface area (Å²) in [5, 5.41) is 6.38. The van der Waals surface area contributed by atoms with Crippen LogP contribution in [0.1, 0.15) is 32.6 Å². The molecule has 2 atom stereocenters. The highest BCUT2D eigenvalue weighted by atomic mass is 19.4. The van der Waals surface area contributed by atoms with Crippen LogP contribution in [0.25, 0.3) is 0 Å². The monoisotopic (exact) mass is 380 g/mol. The topological polar surface area (TPSA) is 58.1 Å². The van der Waals surface area contributed by atoms with Gasteiger partial charge in [0.2, 0.25) is 0 Å². The van der Waals surface area contributed by atoms with Crippen molar-refractivity contribution in [1.29, 1.82) is 0 Å².